The van der Waals surface area contributed by atoms with Crippen molar-refractivity contribution in [1.82, 2.24) is 0 Å². The normalized spacial score (nSPS) is 32.3. The Morgan fingerprint density at radius 1 is 0.583 bits per heavy atom. The van der Waals surface area contributed by atoms with Gasteiger partial charge in [0.1, 0.15) is 0 Å². The van der Waals surface area contributed by atoms with Gasteiger partial charge in [0.2, 0.25) is 0 Å². The third-order valence-electron chi connectivity index (χ3n) is 4.89. The standard InChI is InChI=1S/C18H24N2O4/c1-2-14(20(7-17-11-23-17)8-18-12-24-18)4-3-13(1)19(5-15-9-21-15)6-16-10-22-16/h1-4,15-18H,5-12H2. The van der Waals surface area contributed by atoms with Crippen molar-refractivity contribution in [2.24, 2.45) is 0 Å². The molecule has 24 heavy (non-hydrogen) atoms. The third-order valence-corrected chi connectivity index (χ3v) is 4.89. The lowest BCUT2D eigenvalue weighted by Crippen LogP contribution is -2.32. The number of benzene rings is 1. The van der Waals surface area contributed by atoms with Gasteiger partial charge in [-0.2, -0.15) is 0 Å². The molecule has 1 aromatic carbocycles. The van der Waals surface area contributed by atoms with E-state index in [1.54, 1.807) is 0 Å². The van der Waals surface area contributed by atoms with E-state index in [0.29, 0.717) is 24.4 Å². The monoisotopic (exact) mass is 332 g/mol. The van der Waals surface area contributed by atoms with Crippen LogP contribution >= 0.6 is 0 Å². The van der Waals surface area contributed by atoms with Crippen LogP contribution in [0.2, 0.25) is 0 Å². The minimum absolute atomic E-state index is 0.388. The maximum Gasteiger partial charge on any atom is 0.0984 e. The lowest BCUT2D eigenvalue weighted by Gasteiger charge is -2.26. The number of rotatable bonds is 10. The van der Waals surface area contributed by atoms with Crippen molar-refractivity contribution in [2.75, 3.05) is 62.4 Å². The fourth-order valence-electron chi connectivity index (χ4n) is 3.12. The first-order valence-electron chi connectivity index (χ1n) is 8.90. The van der Waals surface area contributed by atoms with Gasteiger partial charge in [0.05, 0.1) is 50.8 Å². The topological polar surface area (TPSA) is 56.6 Å². The molecule has 0 aromatic heterocycles. The molecule has 6 nitrogen and oxygen atoms in total. The fraction of sp³-hybridized carbons (Fsp3) is 0.667. The summed E-state index contributed by atoms with van der Waals surface area (Å²) in [4.78, 5) is 4.77. The van der Waals surface area contributed by atoms with Crippen molar-refractivity contribution in [2.45, 2.75) is 24.4 Å². The quantitative estimate of drug-likeness (QED) is 0.593. The Kier molecular flexibility index (Phi) is 3.86. The SMILES string of the molecule is c1cc(N(CC2CO2)CC2CO2)ccc1N(CC1CO1)CC1CO1. The van der Waals surface area contributed by atoms with Gasteiger partial charge in [-0.1, -0.05) is 0 Å². The molecule has 6 heteroatoms. The zero-order chi connectivity index (χ0) is 15.9. The number of anilines is 2. The van der Waals surface area contributed by atoms with Gasteiger partial charge >= 0.3 is 0 Å². The molecule has 0 N–H and O–H groups in total. The van der Waals surface area contributed by atoms with E-state index >= 15 is 0 Å². The molecule has 4 heterocycles. The Labute approximate surface area is 142 Å². The van der Waals surface area contributed by atoms with Crippen molar-refractivity contribution in [3.8, 4) is 0 Å². The second-order valence-electron chi connectivity index (χ2n) is 7.15. The molecule has 4 atom stereocenters. The summed E-state index contributed by atoms with van der Waals surface area (Å²) in [6, 6.07) is 8.87. The molecule has 4 unspecified atom stereocenters. The van der Waals surface area contributed by atoms with Crippen molar-refractivity contribution in [3.05, 3.63) is 24.3 Å². The van der Waals surface area contributed by atoms with E-state index in [1.807, 2.05) is 0 Å². The molecule has 130 valence electrons. The Morgan fingerprint density at radius 3 is 1.04 bits per heavy atom. The molecule has 0 radical (unpaired) electrons. The highest BCUT2D eigenvalue weighted by Gasteiger charge is 2.32. The Bertz CT molecular complexity index is 486. The second kappa shape index (κ2) is 6.19. The Balaban J connectivity index is 1.28. The molecule has 4 aliphatic rings. The molecule has 0 aliphatic carbocycles. The molecule has 5 rings (SSSR count). The summed E-state index contributed by atoms with van der Waals surface area (Å²) in [6.07, 6.45) is 1.55. The first kappa shape index (κ1) is 15.0. The highest BCUT2D eigenvalue weighted by molar-refractivity contribution is 5.57. The minimum atomic E-state index is 0.388. The van der Waals surface area contributed by atoms with E-state index < -0.39 is 0 Å². The molecular formula is C18H24N2O4. The van der Waals surface area contributed by atoms with Gasteiger partial charge in [0, 0.05) is 37.6 Å². The van der Waals surface area contributed by atoms with Gasteiger partial charge in [-0.05, 0) is 24.3 Å². The van der Waals surface area contributed by atoms with Crippen LogP contribution in [0.15, 0.2) is 24.3 Å². The summed E-state index contributed by atoms with van der Waals surface area (Å²) in [5, 5.41) is 0. The molecular weight excluding hydrogens is 308 g/mol. The highest BCUT2D eigenvalue weighted by atomic mass is 16.6. The average Bonchev–Trinajstić information content (AvgIpc) is 3.45. The Hall–Kier alpha value is -1.34. The molecule has 0 spiro atoms. The van der Waals surface area contributed by atoms with Crippen LogP contribution in [0.4, 0.5) is 11.4 Å². The number of hydrogen-bond acceptors (Lipinski definition) is 6. The van der Waals surface area contributed by atoms with Crippen LogP contribution in [0.5, 0.6) is 0 Å². The molecule has 4 saturated heterocycles. The van der Waals surface area contributed by atoms with Gasteiger partial charge < -0.3 is 28.7 Å². The van der Waals surface area contributed by atoms with Crippen LogP contribution in [0.25, 0.3) is 0 Å². The van der Waals surface area contributed by atoms with Gasteiger partial charge in [-0.3, -0.25) is 0 Å². The molecule has 4 fully saturated rings. The predicted octanol–water partition coefficient (Wildman–Crippen LogP) is 0.895. The predicted molar refractivity (Wildman–Crippen MR) is 89.8 cm³/mol. The third kappa shape index (κ3) is 4.00. The van der Waals surface area contributed by atoms with Gasteiger partial charge in [-0.15, -0.1) is 0 Å². The number of nitrogens with zero attached hydrogens (tertiary/aromatic N) is 2. The lowest BCUT2D eigenvalue weighted by atomic mass is 10.2. The maximum atomic E-state index is 5.41. The van der Waals surface area contributed by atoms with E-state index in [4.69, 9.17) is 18.9 Å². The van der Waals surface area contributed by atoms with Crippen molar-refractivity contribution >= 4 is 11.4 Å². The smallest absolute Gasteiger partial charge is 0.0984 e. The number of hydrogen-bond donors (Lipinski definition) is 0. The highest BCUT2D eigenvalue weighted by Crippen LogP contribution is 2.27. The van der Waals surface area contributed by atoms with Gasteiger partial charge in [0.25, 0.3) is 0 Å². The summed E-state index contributed by atoms with van der Waals surface area (Å²) in [5.74, 6) is 0. The van der Waals surface area contributed by atoms with E-state index in [1.165, 1.54) is 11.4 Å². The van der Waals surface area contributed by atoms with Gasteiger partial charge in [-0.25, -0.2) is 0 Å². The van der Waals surface area contributed by atoms with Crippen LogP contribution in [0, 0.1) is 0 Å². The first-order valence-corrected chi connectivity index (χ1v) is 8.90. The van der Waals surface area contributed by atoms with Crippen molar-refractivity contribution in [1.29, 1.82) is 0 Å². The zero-order valence-corrected chi connectivity index (χ0v) is 13.8. The Morgan fingerprint density at radius 2 is 0.833 bits per heavy atom. The zero-order valence-electron chi connectivity index (χ0n) is 13.8. The summed E-state index contributed by atoms with van der Waals surface area (Å²) in [7, 11) is 0. The fourth-order valence-corrected chi connectivity index (χ4v) is 3.12. The summed E-state index contributed by atoms with van der Waals surface area (Å²) >= 11 is 0. The van der Waals surface area contributed by atoms with E-state index in [2.05, 4.69) is 34.1 Å². The van der Waals surface area contributed by atoms with Crippen LogP contribution < -0.4 is 9.80 Å². The lowest BCUT2D eigenvalue weighted by molar-refractivity contribution is 0.388. The summed E-state index contributed by atoms with van der Waals surface area (Å²) in [6.45, 7) is 7.35. The average molecular weight is 332 g/mol. The number of epoxide rings is 4. The van der Waals surface area contributed by atoms with Crippen LogP contribution in [0.3, 0.4) is 0 Å². The number of ether oxygens (including phenoxy) is 4. The van der Waals surface area contributed by atoms with Crippen LogP contribution in [-0.2, 0) is 18.9 Å². The minimum Gasteiger partial charge on any atom is -0.371 e. The molecule has 4 aliphatic heterocycles. The van der Waals surface area contributed by atoms with Gasteiger partial charge in [0.15, 0.2) is 0 Å². The molecule has 1 aromatic rings. The summed E-state index contributed by atoms with van der Waals surface area (Å²) < 4.78 is 21.6. The van der Waals surface area contributed by atoms with E-state index in [-0.39, 0.29) is 0 Å². The van der Waals surface area contributed by atoms with E-state index in [9.17, 15) is 0 Å². The molecule has 0 bridgehead atoms. The van der Waals surface area contributed by atoms with E-state index in [0.717, 1.165) is 52.6 Å². The first-order chi connectivity index (χ1) is 11.8. The second-order valence-corrected chi connectivity index (χ2v) is 7.15. The maximum absolute atomic E-state index is 5.41. The van der Waals surface area contributed by atoms with Crippen molar-refractivity contribution < 1.29 is 18.9 Å². The van der Waals surface area contributed by atoms with Crippen molar-refractivity contribution in [3.63, 3.8) is 0 Å². The molecule has 0 saturated carbocycles. The summed E-state index contributed by atoms with van der Waals surface area (Å²) in [5.41, 5.74) is 2.49. The largest absolute Gasteiger partial charge is 0.371 e. The van der Waals surface area contributed by atoms with Crippen LogP contribution in [-0.4, -0.2) is 77.0 Å². The molecule has 0 amide bonds. The van der Waals surface area contributed by atoms with Crippen LogP contribution in [0.1, 0.15) is 0 Å².